The van der Waals surface area contributed by atoms with Crippen molar-refractivity contribution >= 4 is 12.0 Å². The maximum absolute atomic E-state index is 10.8. The molecule has 1 aromatic rings. The van der Waals surface area contributed by atoms with Gasteiger partial charge in [0.05, 0.1) is 6.54 Å². The Balaban J connectivity index is 2.47. The molecule has 0 aromatic heterocycles. The number of nitrogens with zero attached hydrogens (tertiary/aromatic N) is 2. The number of carbonyl (C=O) groups is 1. The Morgan fingerprint density at radius 2 is 1.89 bits per heavy atom. The van der Waals surface area contributed by atoms with Crippen LogP contribution in [-0.2, 0) is 4.79 Å². The fourth-order valence-corrected chi connectivity index (χ4v) is 1.67. The Bertz CT molecular complexity index is 402. The third-order valence-electron chi connectivity index (χ3n) is 2.70. The predicted octanol–water partition coefficient (Wildman–Crippen LogP) is 1.65. The highest BCUT2D eigenvalue weighted by Crippen LogP contribution is 2.01. The molecule has 0 saturated heterocycles. The van der Waals surface area contributed by atoms with Gasteiger partial charge >= 0.3 is 5.97 Å². The van der Waals surface area contributed by atoms with Crippen LogP contribution in [0.1, 0.15) is 5.56 Å². The second kappa shape index (κ2) is 8.45. The summed E-state index contributed by atoms with van der Waals surface area (Å²) in [5.41, 5.74) is 1.13. The summed E-state index contributed by atoms with van der Waals surface area (Å²) in [4.78, 5) is 14.8. The summed E-state index contributed by atoms with van der Waals surface area (Å²) in [7, 11) is 3.97. The molecular formula is C15H22N2O2. The van der Waals surface area contributed by atoms with E-state index in [1.165, 1.54) is 0 Å². The van der Waals surface area contributed by atoms with Crippen LogP contribution in [0.2, 0.25) is 0 Å². The van der Waals surface area contributed by atoms with E-state index in [0.717, 1.165) is 18.7 Å². The van der Waals surface area contributed by atoms with Gasteiger partial charge in [-0.15, -0.1) is 0 Å². The number of carboxylic acids is 1. The van der Waals surface area contributed by atoms with Crippen LogP contribution < -0.4 is 0 Å². The zero-order chi connectivity index (χ0) is 14.1. The number of hydrogen-bond donors (Lipinski definition) is 1. The Labute approximate surface area is 115 Å². The van der Waals surface area contributed by atoms with E-state index in [1.54, 1.807) is 0 Å². The largest absolute Gasteiger partial charge is 0.480 e. The molecule has 0 aliphatic carbocycles. The van der Waals surface area contributed by atoms with Crippen molar-refractivity contribution in [1.82, 2.24) is 9.80 Å². The predicted molar refractivity (Wildman–Crippen MR) is 78.1 cm³/mol. The number of aliphatic carboxylic acids is 1. The lowest BCUT2D eigenvalue weighted by molar-refractivity contribution is -0.138. The van der Waals surface area contributed by atoms with Gasteiger partial charge in [-0.3, -0.25) is 9.69 Å². The third-order valence-corrected chi connectivity index (χ3v) is 2.70. The number of carboxylic acid groups (broad SMARTS) is 1. The minimum absolute atomic E-state index is 0.0764. The summed E-state index contributed by atoms with van der Waals surface area (Å²) in [5, 5.41) is 8.89. The normalized spacial score (nSPS) is 11.6. The Morgan fingerprint density at radius 3 is 2.47 bits per heavy atom. The van der Waals surface area contributed by atoms with Crippen LogP contribution in [-0.4, -0.2) is 61.2 Å². The van der Waals surface area contributed by atoms with Crippen molar-refractivity contribution in [3.05, 3.63) is 42.0 Å². The topological polar surface area (TPSA) is 43.8 Å². The van der Waals surface area contributed by atoms with E-state index in [0.29, 0.717) is 6.54 Å². The molecular weight excluding hydrogens is 240 g/mol. The minimum Gasteiger partial charge on any atom is -0.480 e. The molecule has 0 bridgehead atoms. The van der Waals surface area contributed by atoms with Crippen LogP contribution in [0.15, 0.2) is 36.4 Å². The number of benzene rings is 1. The Hall–Kier alpha value is -1.65. The van der Waals surface area contributed by atoms with Crippen molar-refractivity contribution < 1.29 is 9.90 Å². The maximum atomic E-state index is 10.8. The van der Waals surface area contributed by atoms with Gasteiger partial charge < -0.3 is 10.0 Å². The molecule has 0 spiro atoms. The van der Waals surface area contributed by atoms with Crippen molar-refractivity contribution in [3.8, 4) is 0 Å². The van der Waals surface area contributed by atoms with Crippen molar-refractivity contribution in [2.45, 2.75) is 0 Å². The molecule has 0 atom stereocenters. The third kappa shape index (κ3) is 7.39. The van der Waals surface area contributed by atoms with E-state index >= 15 is 0 Å². The van der Waals surface area contributed by atoms with E-state index < -0.39 is 5.97 Å². The first-order valence-corrected chi connectivity index (χ1v) is 6.38. The van der Waals surface area contributed by atoms with E-state index in [-0.39, 0.29) is 6.54 Å². The molecule has 19 heavy (non-hydrogen) atoms. The van der Waals surface area contributed by atoms with Crippen LogP contribution in [0.5, 0.6) is 0 Å². The molecule has 104 valence electrons. The monoisotopic (exact) mass is 262 g/mol. The first-order chi connectivity index (χ1) is 9.08. The van der Waals surface area contributed by atoms with E-state index in [4.69, 9.17) is 5.11 Å². The van der Waals surface area contributed by atoms with E-state index in [1.807, 2.05) is 61.5 Å². The average molecular weight is 262 g/mol. The lowest BCUT2D eigenvalue weighted by Gasteiger charge is -2.20. The Morgan fingerprint density at radius 1 is 1.21 bits per heavy atom. The molecule has 4 heteroatoms. The highest BCUT2D eigenvalue weighted by atomic mass is 16.4. The fourth-order valence-electron chi connectivity index (χ4n) is 1.67. The van der Waals surface area contributed by atoms with Gasteiger partial charge in [-0.05, 0) is 19.7 Å². The van der Waals surface area contributed by atoms with Gasteiger partial charge in [0.25, 0.3) is 0 Å². The molecule has 4 nitrogen and oxygen atoms in total. The van der Waals surface area contributed by atoms with Gasteiger partial charge in [0.1, 0.15) is 0 Å². The van der Waals surface area contributed by atoms with Crippen LogP contribution >= 0.6 is 0 Å². The highest BCUT2D eigenvalue weighted by Gasteiger charge is 2.07. The second-order valence-electron chi connectivity index (χ2n) is 4.75. The lowest BCUT2D eigenvalue weighted by Crippen LogP contribution is -2.35. The molecule has 0 aliphatic heterocycles. The van der Waals surface area contributed by atoms with Crippen LogP contribution in [0.25, 0.3) is 6.08 Å². The van der Waals surface area contributed by atoms with E-state index in [2.05, 4.69) is 4.90 Å². The second-order valence-corrected chi connectivity index (χ2v) is 4.75. The van der Waals surface area contributed by atoms with Crippen LogP contribution in [0.3, 0.4) is 0 Å². The summed E-state index contributed by atoms with van der Waals surface area (Å²) >= 11 is 0. The van der Waals surface area contributed by atoms with Gasteiger partial charge in [0.15, 0.2) is 0 Å². The van der Waals surface area contributed by atoms with Crippen LogP contribution in [0, 0.1) is 0 Å². The Kier molecular flexibility index (Phi) is 6.85. The average Bonchev–Trinajstić information content (AvgIpc) is 2.36. The van der Waals surface area contributed by atoms with Crippen LogP contribution in [0.4, 0.5) is 0 Å². The SMILES string of the molecule is CN(C)CCN(C/C=C/c1ccccc1)CC(=O)O. The standard InChI is InChI=1S/C15H22N2O2/c1-16(2)11-12-17(13-15(18)19)10-6-9-14-7-4-3-5-8-14/h3-9H,10-13H2,1-2H3,(H,18,19)/b9-6+. The summed E-state index contributed by atoms with van der Waals surface area (Å²) in [6.45, 7) is 2.33. The summed E-state index contributed by atoms with van der Waals surface area (Å²) in [6.07, 6.45) is 4.03. The van der Waals surface area contributed by atoms with E-state index in [9.17, 15) is 4.79 Å². The zero-order valence-corrected chi connectivity index (χ0v) is 11.6. The van der Waals surface area contributed by atoms with Crippen molar-refractivity contribution in [2.24, 2.45) is 0 Å². The van der Waals surface area contributed by atoms with Crippen molar-refractivity contribution in [1.29, 1.82) is 0 Å². The van der Waals surface area contributed by atoms with Crippen molar-refractivity contribution in [2.75, 3.05) is 40.3 Å². The van der Waals surface area contributed by atoms with Gasteiger partial charge in [-0.2, -0.15) is 0 Å². The number of likely N-dealkylation sites (N-methyl/N-ethyl adjacent to an activating group) is 1. The lowest BCUT2D eigenvalue weighted by atomic mass is 10.2. The summed E-state index contributed by atoms with van der Waals surface area (Å²) in [6, 6.07) is 10.0. The first-order valence-electron chi connectivity index (χ1n) is 6.38. The molecule has 0 aliphatic rings. The van der Waals surface area contributed by atoms with Crippen molar-refractivity contribution in [3.63, 3.8) is 0 Å². The molecule has 1 aromatic carbocycles. The minimum atomic E-state index is -0.785. The molecule has 1 N–H and O–H groups in total. The molecule has 0 unspecified atom stereocenters. The maximum Gasteiger partial charge on any atom is 0.317 e. The van der Waals surface area contributed by atoms with Gasteiger partial charge in [-0.1, -0.05) is 42.5 Å². The quantitative estimate of drug-likeness (QED) is 0.773. The summed E-state index contributed by atoms with van der Waals surface area (Å²) in [5.74, 6) is -0.785. The highest BCUT2D eigenvalue weighted by molar-refractivity contribution is 5.69. The molecule has 0 heterocycles. The van der Waals surface area contributed by atoms with Gasteiger partial charge in [0.2, 0.25) is 0 Å². The number of hydrogen-bond acceptors (Lipinski definition) is 3. The first kappa shape index (κ1) is 15.4. The summed E-state index contributed by atoms with van der Waals surface area (Å²) < 4.78 is 0. The smallest absolute Gasteiger partial charge is 0.317 e. The molecule has 0 radical (unpaired) electrons. The van der Waals surface area contributed by atoms with Gasteiger partial charge in [-0.25, -0.2) is 0 Å². The molecule has 0 fully saturated rings. The molecule has 0 saturated carbocycles. The molecule has 0 amide bonds. The van der Waals surface area contributed by atoms with Gasteiger partial charge in [0, 0.05) is 19.6 Å². The fraction of sp³-hybridized carbons (Fsp3) is 0.400. The molecule has 1 rings (SSSR count). The number of rotatable bonds is 8. The zero-order valence-electron chi connectivity index (χ0n) is 11.6.